The molecule has 3 aromatic rings. The van der Waals surface area contributed by atoms with Gasteiger partial charge in [0, 0.05) is 51.8 Å². The lowest BCUT2D eigenvalue weighted by atomic mass is 10.1. The van der Waals surface area contributed by atoms with Crippen LogP contribution in [0.4, 0.5) is 8.78 Å². The number of halogens is 2. The van der Waals surface area contributed by atoms with E-state index in [4.69, 9.17) is 0 Å². The second-order valence-electron chi connectivity index (χ2n) is 7.78. The molecule has 1 aliphatic rings. The van der Waals surface area contributed by atoms with Gasteiger partial charge in [-0.1, -0.05) is 5.21 Å². The molecule has 0 saturated carbocycles. The number of aliphatic imine (C=N–C) groups is 1. The minimum Gasteiger partial charge on any atom is -0.369 e. The molecule has 1 saturated heterocycles. The summed E-state index contributed by atoms with van der Waals surface area (Å²) in [5.41, 5.74) is 2.15. The Morgan fingerprint density at radius 1 is 1.12 bits per heavy atom. The predicted molar refractivity (Wildman–Crippen MR) is 113 cm³/mol. The van der Waals surface area contributed by atoms with Crippen LogP contribution >= 0.6 is 0 Å². The van der Waals surface area contributed by atoms with E-state index in [1.165, 1.54) is 22.1 Å². The molecule has 0 N–H and O–H groups in total. The Labute approximate surface area is 182 Å². The summed E-state index contributed by atoms with van der Waals surface area (Å²) in [5.74, 6) is -3.45. The third-order valence-electron chi connectivity index (χ3n) is 5.08. The van der Waals surface area contributed by atoms with Crippen molar-refractivity contribution in [2.24, 2.45) is 4.99 Å². The average Bonchev–Trinajstić information content (AvgIpc) is 3.20. The average molecular weight is 441 g/mol. The largest absolute Gasteiger partial charge is 0.369 e. The monoisotopic (exact) mass is 441 g/mol. The van der Waals surface area contributed by atoms with E-state index >= 15 is 0 Å². The van der Waals surface area contributed by atoms with Gasteiger partial charge in [0.25, 0.3) is 17.7 Å². The molecule has 0 unspecified atom stereocenters. The summed E-state index contributed by atoms with van der Waals surface area (Å²) in [4.78, 5) is 36.0. The fourth-order valence-corrected chi connectivity index (χ4v) is 3.32. The number of aromatic nitrogens is 4. The molecule has 166 valence electrons. The van der Waals surface area contributed by atoms with Crippen molar-refractivity contribution in [2.45, 2.75) is 18.8 Å². The summed E-state index contributed by atoms with van der Waals surface area (Å²) in [7, 11) is 3.54. The summed E-state index contributed by atoms with van der Waals surface area (Å²) < 4.78 is 28.2. The molecule has 3 heterocycles. The molecule has 4 rings (SSSR count). The zero-order valence-corrected chi connectivity index (χ0v) is 17.6. The van der Waals surface area contributed by atoms with Crippen molar-refractivity contribution in [3.8, 4) is 5.69 Å². The molecule has 9 nitrogen and oxygen atoms in total. The van der Waals surface area contributed by atoms with E-state index in [9.17, 15) is 18.4 Å². The number of piperidine rings is 1. The SMILES string of the molecule is CN(C)C=NC(=O)c1ccc(-n2nnc3cc(C(=O)N4CCC(F)(F)CC4)cnc32)cc1. The van der Waals surface area contributed by atoms with Crippen LogP contribution in [0.3, 0.4) is 0 Å². The number of carbonyl (C=O) groups is 2. The van der Waals surface area contributed by atoms with Gasteiger partial charge in [-0.3, -0.25) is 9.59 Å². The van der Waals surface area contributed by atoms with Gasteiger partial charge in [0.2, 0.25) is 0 Å². The second kappa shape index (κ2) is 8.40. The third-order valence-corrected chi connectivity index (χ3v) is 5.08. The minimum absolute atomic E-state index is 0.000217. The van der Waals surface area contributed by atoms with E-state index in [0.29, 0.717) is 22.4 Å². The number of amides is 2. The van der Waals surface area contributed by atoms with Crippen molar-refractivity contribution in [2.75, 3.05) is 27.2 Å². The van der Waals surface area contributed by atoms with Gasteiger partial charge in [-0.05, 0) is 30.3 Å². The number of pyridine rings is 1. The molecule has 2 aromatic heterocycles. The van der Waals surface area contributed by atoms with Crippen molar-refractivity contribution in [3.63, 3.8) is 0 Å². The van der Waals surface area contributed by atoms with E-state index < -0.39 is 5.92 Å². The first kappa shape index (κ1) is 21.5. The molecule has 1 aliphatic heterocycles. The molecule has 0 atom stereocenters. The van der Waals surface area contributed by atoms with E-state index in [-0.39, 0.29) is 43.3 Å². The Morgan fingerprint density at radius 3 is 2.47 bits per heavy atom. The molecule has 2 amide bonds. The van der Waals surface area contributed by atoms with Crippen LogP contribution in [0.2, 0.25) is 0 Å². The zero-order valence-electron chi connectivity index (χ0n) is 17.6. The number of nitrogens with zero attached hydrogens (tertiary/aromatic N) is 7. The van der Waals surface area contributed by atoms with Crippen LogP contribution in [0, 0.1) is 0 Å². The van der Waals surface area contributed by atoms with Gasteiger partial charge in [0.05, 0.1) is 17.6 Å². The Balaban J connectivity index is 1.53. The van der Waals surface area contributed by atoms with Crippen LogP contribution in [-0.4, -0.2) is 81.0 Å². The smallest absolute Gasteiger partial charge is 0.278 e. The molecule has 32 heavy (non-hydrogen) atoms. The molecule has 0 bridgehead atoms. The number of likely N-dealkylation sites (tertiary alicyclic amines) is 1. The van der Waals surface area contributed by atoms with Crippen LogP contribution in [0.5, 0.6) is 0 Å². The number of fused-ring (bicyclic) bond motifs is 1. The first-order chi connectivity index (χ1) is 15.2. The van der Waals surface area contributed by atoms with Crippen molar-refractivity contribution >= 4 is 29.3 Å². The van der Waals surface area contributed by atoms with Crippen molar-refractivity contribution in [1.29, 1.82) is 0 Å². The Hall–Kier alpha value is -3.76. The van der Waals surface area contributed by atoms with Gasteiger partial charge in [0.15, 0.2) is 5.65 Å². The van der Waals surface area contributed by atoms with Gasteiger partial charge in [-0.15, -0.1) is 5.10 Å². The lowest BCUT2D eigenvalue weighted by Gasteiger charge is -2.31. The quantitative estimate of drug-likeness (QED) is 0.456. The van der Waals surface area contributed by atoms with E-state index in [1.807, 2.05) is 0 Å². The summed E-state index contributed by atoms with van der Waals surface area (Å²) in [5, 5.41) is 8.17. The first-order valence-electron chi connectivity index (χ1n) is 9.97. The number of carbonyl (C=O) groups excluding carboxylic acids is 2. The molecule has 11 heteroatoms. The summed E-state index contributed by atoms with van der Waals surface area (Å²) >= 11 is 0. The maximum Gasteiger partial charge on any atom is 0.278 e. The highest BCUT2D eigenvalue weighted by Gasteiger charge is 2.35. The van der Waals surface area contributed by atoms with Crippen molar-refractivity contribution < 1.29 is 18.4 Å². The number of rotatable bonds is 4. The van der Waals surface area contributed by atoms with E-state index in [0.717, 1.165) is 0 Å². The summed E-state index contributed by atoms with van der Waals surface area (Å²) in [6, 6.07) is 8.20. The van der Waals surface area contributed by atoms with Crippen LogP contribution in [0.25, 0.3) is 16.9 Å². The Kier molecular flexibility index (Phi) is 5.64. The summed E-state index contributed by atoms with van der Waals surface area (Å²) in [6.45, 7) is 0.000434. The maximum absolute atomic E-state index is 13.4. The Bertz CT molecular complexity index is 1180. The van der Waals surface area contributed by atoms with Gasteiger partial charge < -0.3 is 9.80 Å². The van der Waals surface area contributed by atoms with E-state index in [1.54, 1.807) is 49.3 Å². The third kappa shape index (κ3) is 4.46. The lowest BCUT2D eigenvalue weighted by molar-refractivity contribution is -0.0494. The Morgan fingerprint density at radius 2 is 1.81 bits per heavy atom. The topological polar surface area (TPSA) is 96.6 Å². The van der Waals surface area contributed by atoms with Gasteiger partial charge in [-0.2, -0.15) is 9.67 Å². The lowest BCUT2D eigenvalue weighted by Crippen LogP contribution is -2.42. The normalized spacial score (nSPS) is 15.9. The van der Waals surface area contributed by atoms with Crippen LogP contribution in [0.1, 0.15) is 33.6 Å². The highest BCUT2D eigenvalue weighted by molar-refractivity contribution is 5.99. The van der Waals surface area contributed by atoms with Crippen LogP contribution in [0.15, 0.2) is 41.5 Å². The fraction of sp³-hybridized carbons (Fsp3) is 0.333. The fourth-order valence-electron chi connectivity index (χ4n) is 3.32. The van der Waals surface area contributed by atoms with Crippen molar-refractivity contribution in [1.82, 2.24) is 29.8 Å². The molecule has 1 aromatic carbocycles. The molecule has 0 radical (unpaired) electrons. The molecular formula is C21H21F2N7O2. The molecule has 1 fully saturated rings. The number of hydrogen-bond donors (Lipinski definition) is 0. The number of benzene rings is 1. The van der Waals surface area contributed by atoms with Crippen molar-refractivity contribution in [3.05, 3.63) is 47.7 Å². The number of alkyl halides is 2. The first-order valence-corrected chi connectivity index (χ1v) is 9.97. The summed E-state index contributed by atoms with van der Waals surface area (Å²) in [6.07, 6.45) is 2.14. The highest BCUT2D eigenvalue weighted by Crippen LogP contribution is 2.28. The van der Waals surface area contributed by atoms with Gasteiger partial charge in [-0.25, -0.2) is 13.8 Å². The van der Waals surface area contributed by atoms with Crippen LogP contribution < -0.4 is 0 Å². The van der Waals surface area contributed by atoms with Gasteiger partial charge in [0.1, 0.15) is 5.52 Å². The standard InChI is InChI=1S/C21H21F2N7O2/c1-28(2)13-25-19(31)14-3-5-16(6-4-14)30-18-17(26-27-30)11-15(12-24-18)20(32)29-9-7-21(22,23)8-10-29/h3-6,11-13H,7-10H2,1-2H3. The second-order valence-corrected chi connectivity index (χ2v) is 7.78. The zero-order chi connectivity index (χ0) is 22.9. The molecule has 0 aliphatic carbocycles. The maximum atomic E-state index is 13.4. The molecular weight excluding hydrogens is 420 g/mol. The minimum atomic E-state index is -2.72. The van der Waals surface area contributed by atoms with E-state index in [2.05, 4.69) is 20.3 Å². The molecule has 0 spiro atoms. The highest BCUT2D eigenvalue weighted by atomic mass is 19.3. The van der Waals surface area contributed by atoms with Gasteiger partial charge >= 0.3 is 0 Å². The van der Waals surface area contributed by atoms with Crippen LogP contribution in [-0.2, 0) is 0 Å². The number of hydrogen-bond acceptors (Lipinski definition) is 5. The predicted octanol–water partition coefficient (Wildman–Crippen LogP) is 2.42.